The van der Waals surface area contributed by atoms with E-state index < -0.39 is 5.60 Å². The molecule has 0 saturated carbocycles. The molecule has 7 heteroatoms. The highest BCUT2D eigenvalue weighted by Gasteiger charge is 2.36. The van der Waals surface area contributed by atoms with Gasteiger partial charge < -0.3 is 14.5 Å². The second-order valence-electron chi connectivity index (χ2n) is 6.10. The molecule has 1 N–H and O–H groups in total. The van der Waals surface area contributed by atoms with Gasteiger partial charge in [-0.3, -0.25) is 0 Å². The molecule has 2 aromatic rings. The van der Waals surface area contributed by atoms with Crippen LogP contribution in [0.2, 0.25) is 0 Å². The molecule has 1 unspecified atom stereocenters. The minimum atomic E-state index is -0.963. The standard InChI is InChI=1S/C16H19N5O2/c1-11-4-6-18-15(13(11)9-17)21-7-3-5-16(22,10-21)8-14-19-12(2)20-23-14/h4,6,22H,3,5,7-8,10H2,1-2H3. The summed E-state index contributed by atoms with van der Waals surface area (Å²) >= 11 is 0. The number of anilines is 1. The third-order valence-corrected chi connectivity index (χ3v) is 4.16. The number of aryl methyl sites for hydroxylation is 2. The molecule has 0 aliphatic carbocycles. The summed E-state index contributed by atoms with van der Waals surface area (Å²) in [6.45, 7) is 4.79. The first-order valence-corrected chi connectivity index (χ1v) is 7.63. The van der Waals surface area contributed by atoms with Gasteiger partial charge >= 0.3 is 0 Å². The minimum absolute atomic E-state index is 0.304. The summed E-state index contributed by atoms with van der Waals surface area (Å²) in [6.07, 6.45) is 3.46. The lowest BCUT2D eigenvalue weighted by molar-refractivity contribution is 0.0191. The van der Waals surface area contributed by atoms with E-state index in [1.165, 1.54) is 0 Å². The molecular weight excluding hydrogens is 294 g/mol. The van der Waals surface area contributed by atoms with E-state index in [9.17, 15) is 10.4 Å². The molecule has 7 nitrogen and oxygen atoms in total. The molecule has 0 amide bonds. The third kappa shape index (κ3) is 3.17. The Labute approximate surface area is 134 Å². The van der Waals surface area contributed by atoms with Gasteiger partial charge in [-0.2, -0.15) is 10.2 Å². The average Bonchev–Trinajstić information content (AvgIpc) is 2.91. The van der Waals surface area contributed by atoms with Crippen molar-refractivity contribution in [1.29, 1.82) is 5.26 Å². The molecule has 3 rings (SSSR count). The summed E-state index contributed by atoms with van der Waals surface area (Å²) in [4.78, 5) is 10.5. The first-order valence-electron chi connectivity index (χ1n) is 7.63. The predicted octanol–water partition coefficient (Wildman–Crippen LogP) is 1.53. The summed E-state index contributed by atoms with van der Waals surface area (Å²) in [5.74, 6) is 1.63. The highest BCUT2D eigenvalue weighted by atomic mass is 16.5. The molecule has 120 valence electrons. The van der Waals surface area contributed by atoms with E-state index in [4.69, 9.17) is 4.52 Å². The Bertz CT molecular complexity index is 751. The number of rotatable bonds is 3. The van der Waals surface area contributed by atoms with Crippen LogP contribution in [0.15, 0.2) is 16.8 Å². The van der Waals surface area contributed by atoms with Crippen molar-refractivity contribution in [3.05, 3.63) is 35.1 Å². The van der Waals surface area contributed by atoms with Crippen LogP contribution in [0.4, 0.5) is 5.82 Å². The molecule has 1 aliphatic rings. The zero-order chi connectivity index (χ0) is 16.4. The van der Waals surface area contributed by atoms with Crippen LogP contribution in [0, 0.1) is 25.2 Å². The van der Waals surface area contributed by atoms with Crippen LogP contribution in [-0.2, 0) is 6.42 Å². The SMILES string of the molecule is Cc1noc(CC2(O)CCCN(c3nccc(C)c3C#N)C2)n1. The fraction of sp³-hybridized carbons (Fsp3) is 0.500. The van der Waals surface area contributed by atoms with E-state index in [1.807, 2.05) is 17.9 Å². The number of aliphatic hydroxyl groups is 1. The van der Waals surface area contributed by atoms with Gasteiger partial charge in [0, 0.05) is 19.3 Å². The Balaban J connectivity index is 1.83. The van der Waals surface area contributed by atoms with E-state index in [-0.39, 0.29) is 0 Å². The molecule has 2 aromatic heterocycles. The Hall–Kier alpha value is -2.46. The van der Waals surface area contributed by atoms with Gasteiger partial charge in [0.1, 0.15) is 11.9 Å². The summed E-state index contributed by atoms with van der Waals surface area (Å²) in [6, 6.07) is 4.03. The number of nitrogens with zero attached hydrogens (tertiary/aromatic N) is 5. The molecule has 1 fully saturated rings. The van der Waals surface area contributed by atoms with Crippen molar-refractivity contribution in [3.8, 4) is 6.07 Å². The zero-order valence-electron chi connectivity index (χ0n) is 13.3. The molecule has 1 atom stereocenters. The molecule has 23 heavy (non-hydrogen) atoms. The van der Waals surface area contributed by atoms with E-state index >= 15 is 0 Å². The van der Waals surface area contributed by atoms with Crippen molar-refractivity contribution in [2.45, 2.75) is 38.7 Å². The number of hydrogen-bond acceptors (Lipinski definition) is 7. The molecule has 0 aromatic carbocycles. The second kappa shape index (κ2) is 5.97. The van der Waals surface area contributed by atoms with Crippen LogP contribution in [0.5, 0.6) is 0 Å². The highest BCUT2D eigenvalue weighted by molar-refractivity contribution is 5.57. The number of hydrogen-bond donors (Lipinski definition) is 1. The third-order valence-electron chi connectivity index (χ3n) is 4.16. The van der Waals surface area contributed by atoms with Crippen LogP contribution < -0.4 is 4.90 Å². The monoisotopic (exact) mass is 313 g/mol. The number of β-amino-alcohol motifs (C(OH)–C–C–N with tert-alkyl or cyclic N) is 1. The van der Waals surface area contributed by atoms with Crippen LogP contribution in [0.3, 0.4) is 0 Å². The number of pyridine rings is 1. The number of piperidine rings is 1. The Kier molecular flexibility index (Phi) is 4.01. The van der Waals surface area contributed by atoms with Gasteiger partial charge in [-0.15, -0.1) is 0 Å². The summed E-state index contributed by atoms with van der Waals surface area (Å²) in [5, 5.41) is 24.1. The molecular formula is C16H19N5O2. The highest BCUT2D eigenvalue weighted by Crippen LogP contribution is 2.30. The van der Waals surface area contributed by atoms with Crippen LogP contribution >= 0.6 is 0 Å². The van der Waals surface area contributed by atoms with E-state index in [1.54, 1.807) is 13.1 Å². The molecule has 0 radical (unpaired) electrons. The van der Waals surface area contributed by atoms with Gasteiger partial charge in [0.05, 0.1) is 17.6 Å². The fourth-order valence-electron chi connectivity index (χ4n) is 3.05. The maximum atomic E-state index is 10.9. The van der Waals surface area contributed by atoms with Crippen LogP contribution in [-0.4, -0.2) is 38.9 Å². The van der Waals surface area contributed by atoms with Crippen LogP contribution in [0.25, 0.3) is 0 Å². The second-order valence-corrected chi connectivity index (χ2v) is 6.10. The normalized spacial score (nSPS) is 21.2. The average molecular weight is 313 g/mol. The number of nitriles is 1. The van der Waals surface area contributed by atoms with Crippen molar-refractivity contribution in [1.82, 2.24) is 15.1 Å². The predicted molar refractivity (Wildman–Crippen MR) is 82.8 cm³/mol. The van der Waals surface area contributed by atoms with Gasteiger partial charge in [0.15, 0.2) is 5.82 Å². The Morgan fingerprint density at radius 2 is 2.30 bits per heavy atom. The molecule has 0 bridgehead atoms. The topological polar surface area (TPSA) is 99.1 Å². The number of aromatic nitrogens is 3. The van der Waals surface area contributed by atoms with Crippen molar-refractivity contribution in [2.24, 2.45) is 0 Å². The van der Waals surface area contributed by atoms with E-state index in [0.717, 1.165) is 18.5 Å². The summed E-state index contributed by atoms with van der Waals surface area (Å²) < 4.78 is 5.13. The van der Waals surface area contributed by atoms with Crippen molar-refractivity contribution in [3.63, 3.8) is 0 Å². The minimum Gasteiger partial charge on any atom is -0.388 e. The van der Waals surface area contributed by atoms with Gasteiger partial charge in [0.2, 0.25) is 5.89 Å². The lowest BCUT2D eigenvalue weighted by atomic mass is 9.89. The zero-order valence-corrected chi connectivity index (χ0v) is 13.3. The molecule has 0 spiro atoms. The maximum absolute atomic E-state index is 10.9. The Morgan fingerprint density at radius 3 is 3.00 bits per heavy atom. The van der Waals surface area contributed by atoms with Crippen LogP contribution in [0.1, 0.15) is 35.7 Å². The van der Waals surface area contributed by atoms with Gasteiger partial charge in [-0.05, 0) is 38.3 Å². The first-order chi connectivity index (χ1) is 11.0. The lowest BCUT2D eigenvalue weighted by Gasteiger charge is -2.39. The van der Waals surface area contributed by atoms with E-state index in [2.05, 4.69) is 21.2 Å². The first kappa shape index (κ1) is 15.4. The fourth-order valence-corrected chi connectivity index (χ4v) is 3.05. The van der Waals surface area contributed by atoms with Gasteiger partial charge in [0.25, 0.3) is 0 Å². The van der Waals surface area contributed by atoms with E-state index in [0.29, 0.717) is 42.5 Å². The van der Waals surface area contributed by atoms with Crippen molar-refractivity contribution < 1.29 is 9.63 Å². The largest absolute Gasteiger partial charge is 0.388 e. The van der Waals surface area contributed by atoms with Gasteiger partial charge in [-0.1, -0.05) is 5.16 Å². The summed E-state index contributed by atoms with van der Waals surface area (Å²) in [7, 11) is 0. The van der Waals surface area contributed by atoms with Gasteiger partial charge in [-0.25, -0.2) is 4.98 Å². The smallest absolute Gasteiger partial charge is 0.229 e. The molecule has 3 heterocycles. The molecule has 1 aliphatic heterocycles. The summed E-state index contributed by atoms with van der Waals surface area (Å²) in [5.41, 5.74) is 0.486. The quantitative estimate of drug-likeness (QED) is 0.917. The van der Waals surface area contributed by atoms with Crippen molar-refractivity contribution >= 4 is 5.82 Å². The maximum Gasteiger partial charge on any atom is 0.229 e. The molecule has 1 saturated heterocycles. The van der Waals surface area contributed by atoms with Crippen molar-refractivity contribution in [2.75, 3.05) is 18.0 Å². The Morgan fingerprint density at radius 1 is 1.48 bits per heavy atom. The lowest BCUT2D eigenvalue weighted by Crippen LogP contribution is -2.50.